The van der Waals surface area contributed by atoms with Crippen LogP contribution in [0.5, 0.6) is 0 Å². The Morgan fingerprint density at radius 1 is 1.60 bits per heavy atom. The molecule has 0 rings (SSSR count). The Balaban J connectivity index is 4.08. The van der Waals surface area contributed by atoms with Gasteiger partial charge in [0.25, 0.3) is 0 Å². The van der Waals surface area contributed by atoms with Gasteiger partial charge in [0, 0.05) is 5.54 Å². The van der Waals surface area contributed by atoms with Crippen molar-refractivity contribution in [2.24, 2.45) is 11.7 Å². The van der Waals surface area contributed by atoms with Gasteiger partial charge in [-0.1, -0.05) is 6.92 Å². The maximum absolute atomic E-state index is 10.9. The Morgan fingerprint density at radius 2 is 2.00 bits per heavy atom. The van der Waals surface area contributed by atoms with Crippen molar-refractivity contribution in [1.82, 2.24) is 0 Å². The van der Waals surface area contributed by atoms with E-state index in [1.165, 1.54) is 7.11 Å². The molecule has 10 heavy (non-hydrogen) atoms. The van der Waals surface area contributed by atoms with Gasteiger partial charge in [0.15, 0.2) is 0 Å². The fourth-order valence-electron chi connectivity index (χ4n) is 0.481. The Hall–Kier alpha value is -0.570. The molecule has 0 saturated heterocycles. The average Bonchev–Trinajstić information content (AvgIpc) is 1.83. The van der Waals surface area contributed by atoms with E-state index in [0.717, 1.165) is 0 Å². The third kappa shape index (κ3) is 2.35. The zero-order chi connectivity index (χ0) is 8.36. The molecule has 0 aromatic rings. The zero-order valence-corrected chi connectivity index (χ0v) is 6.97. The molecule has 60 valence electrons. The van der Waals surface area contributed by atoms with Crippen molar-refractivity contribution in [2.75, 3.05) is 7.11 Å². The molecule has 3 heteroatoms. The van der Waals surface area contributed by atoms with Crippen molar-refractivity contribution in [2.45, 2.75) is 26.3 Å². The molecule has 0 aliphatic carbocycles. The van der Waals surface area contributed by atoms with E-state index in [9.17, 15) is 4.79 Å². The van der Waals surface area contributed by atoms with Crippen LogP contribution < -0.4 is 5.73 Å². The van der Waals surface area contributed by atoms with Crippen molar-refractivity contribution >= 4 is 5.97 Å². The standard InChI is InChI=1S/C7H15NO2/c1-5(6(9)10-4)7(2,3)8/h5H,8H2,1-4H3. The Kier molecular flexibility index (Phi) is 2.84. The van der Waals surface area contributed by atoms with E-state index in [-0.39, 0.29) is 11.9 Å². The molecule has 1 unspecified atom stereocenters. The molecule has 0 amide bonds. The first-order valence-electron chi connectivity index (χ1n) is 3.26. The second-order valence-electron chi connectivity index (χ2n) is 3.07. The van der Waals surface area contributed by atoms with E-state index in [4.69, 9.17) is 5.73 Å². The minimum absolute atomic E-state index is 0.252. The van der Waals surface area contributed by atoms with Crippen LogP contribution in [0.15, 0.2) is 0 Å². The number of hydrogen-bond acceptors (Lipinski definition) is 3. The van der Waals surface area contributed by atoms with Gasteiger partial charge in [0.05, 0.1) is 13.0 Å². The summed E-state index contributed by atoms with van der Waals surface area (Å²) in [6.45, 7) is 5.36. The summed E-state index contributed by atoms with van der Waals surface area (Å²) in [6, 6.07) is 0. The molecule has 0 aromatic carbocycles. The summed E-state index contributed by atoms with van der Waals surface area (Å²) in [5.41, 5.74) is 5.16. The Bertz CT molecular complexity index is 126. The summed E-state index contributed by atoms with van der Waals surface area (Å²) in [4.78, 5) is 10.9. The summed E-state index contributed by atoms with van der Waals surface area (Å²) in [7, 11) is 1.37. The minimum atomic E-state index is -0.493. The monoisotopic (exact) mass is 145 g/mol. The minimum Gasteiger partial charge on any atom is -0.469 e. The van der Waals surface area contributed by atoms with Crippen LogP contribution in [0.2, 0.25) is 0 Å². The van der Waals surface area contributed by atoms with E-state index < -0.39 is 5.54 Å². The van der Waals surface area contributed by atoms with Crippen molar-refractivity contribution in [3.8, 4) is 0 Å². The van der Waals surface area contributed by atoms with Crippen LogP contribution in [0.25, 0.3) is 0 Å². The molecule has 3 nitrogen and oxygen atoms in total. The fraction of sp³-hybridized carbons (Fsp3) is 0.857. The normalized spacial score (nSPS) is 14.5. The van der Waals surface area contributed by atoms with Gasteiger partial charge in [-0.2, -0.15) is 0 Å². The second kappa shape index (κ2) is 3.01. The van der Waals surface area contributed by atoms with Gasteiger partial charge in [-0.3, -0.25) is 4.79 Å². The predicted molar refractivity (Wildman–Crippen MR) is 39.4 cm³/mol. The van der Waals surface area contributed by atoms with Crippen LogP contribution in [-0.2, 0) is 9.53 Å². The molecule has 0 fully saturated rings. The van der Waals surface area contributed by atoms with Crippen LogP contribution in [0.3, 0.4) is 0 Å². The van der Waals surface area contributed by atoms with Crippen molar-refractivity contribution in [3.63, 3.8) is 0 Å². The quantitative estimate of drug-likeness (QED) is 0.577. The second-order valence-corrected chi connectivity index (χ2v) is 3.07. The summed E-state index contributed by atoms with van der Waals surface area (Å²) < 4.78 is 4.52. The maximum atomic E-state index is 10.9. The summed E-state index contributed by atoms with van der Waals surface area (Å²) in [6.07, 6.45) is 0. The Labute approximate surface area is 61.5 Å². The molecule has 0 bridgehead atoms. The van der Waals surface area contributed by atoms with Crippen LogP contribution in [0.1, 0.15) is 20.8 Å². The molecule has 0 heterocycles. The van der Waals surface area contributed by atoms with E-state index >= 15 is 0 Å². The lowest BCUT2D eigenvalue weighted by atomic mass is 9.90. The van der Waals surface area contributed by atoms with Gasteiger partial charge >= 0.3 is 5.97 Å². The number of methoxy groups -OCH3 is 1. The molecular weight excluding hydrogens is 130 g/mol. The molecule has 0 aromatic heterocycles. The number of carbonyl (C=O) groups is 1. The number of hydrogen-bond donors (Lipinski definition) is 1. The van der Waals surface area contributed by atoms with Gasteiger partial charge < -0.3 is 10.5 Å². The Morgan fingerprint density at radius 3 is 2.10 bits per heavy atom. The van der Waals surface area contributed by atoms with Gasteiger partial charge in [-0.15, -0.1) is 0 Å². The van der Waals surface area contributed by atoms with E-state index in [1.807, 2.05) is 0 Å². The average molecular weight is 145 g/mol. The lowest BCUT2D eigenvalue weighted by molar-refractivity contribution is -0.146. The molecule has 0 aliphatic rings. The molecule has 0 radical (unpaired) electrons. The number of ether oxygens (including phenoxy) is 1. The van der Waals surface area contributed by atoms with Crippen LogP contribution >= 0.6 is 0 Å². The molecular formula is C7H15NO2. The lowest BCUT2D eigenvalue weighted by Crippen LogP contribution is -2.43. The van der Waals surface area contributed by atoms with Gasteiger partial charge in [0.2, 0.25) is 0 Å². The molecule has 0 saturated carbocycles. The van der Waals surface area contributed by atoms with E-state index in [0.29, 0.717) is 0 Å². The number of rotatable bonds is 2. The molecule has 1 atom stereocenters. The SMILES string of the molecule is COC(=O)C(C)C(C)(C)N. The fourth-order valence-corrected chi connectivity index (χ4v) is 0.481. The predicted octanol–water partition coefficient (Wildman–Crippen LogP) is 0.533. The highest BCUT2D eigenvalue weighted by atomic mass is 16.5. The van der Waals surface area contributed by atoms with Gasteiger partial charge in [-0.05, 0) is 13.8 Å². The first kappa shape index (κ1) is 9.43. The largest absolute Gasteiger partial charge is 0.469 e. The summed E-state index contributed by atoms with van der Waals surface area (Å²) in [5.74, 6) is -0.509. The van der Waals surface area contributed by atoms with Crippen LogP contribution in [0.4, 0.5) is 0 Å². The van der Waals surface area contributed by atoms with Crippen molar-refractivity contribution in [3.05, 3.63) is 0 Å². The molecule has 0 aliphatic heterocycles. The molecule has 2 N–H and O–H groups in total. The highest BCUT2D eigenvalue weighted by Crippen LogP contribution is 2.13. The lowest BCUT2D eigenvalue weighted by Gasteiger charge is -2.24. The van der Waals surface area contributed by atoms with E-state index in [2.05, 4.69) is 4.74 Å². The maximum Gasteiger partial charge on any atom is 0.310 e. The van der Waals surface area contributed by atoms with Crippen LogP contribution in [0, 0.1) is 5.92 Å². The van der Waals surface area contributed by atoms with E-state index in [1.54, 1.807) is 20.8 Å². The molecule has 0 spiro atoms. The third-order valence-electron chi connectivity index (χ3n) is 1.67. The van der Waals surface area contributed by atoms with Gasteiger partial charge in [0.1, 0.15) is 0 Å². The number of esters is 1. The van der Waals surface area contributed by atoms with Crippen molar-refractivity contribution in [1.29, 1.82) is 0 Å². The highest BCUT2D eigenvalue weighted by molar-refractivity contribution is 5.73. The smallest absolute Gasteiger partial charge is 0.310 e. The first-order chi connectivity index (χ1) is 4.39. The van der Waals surface area contributed by atoms with Crippen molar-refractivity contribution < 1.29 is 9.53 Å². The zero-order valence-electron chi connectivity index (χ0n) is 6.97. The number of nitrogens with two attached hydrogens (primary N) is 1. The summed E-state index contributed by atoms with van der Waals surface area (Å²) >= 11 is 0. The topological polar surface area (TPSA) is 52.3 Å². The third-order valence-corrected chi connectivity index (χ3v) is 1.67. The number of carbonyl (C=O) groups excluding carboxylic acids is 1. The van der Waals surface area contributed by atoms with Crippen LogP contribution in [-0.4, -0.2) is 18.6 Å². The summed E-state index contributed by atoms with van der Waals surface area (Å²) in [5, 5.41) is 0. The highest BCUT2D eigenvalue weighted by Gasteiger charge is 2.27. The first-order valence-corrected chi connectivity index (χ1v) is 3.26. The van der Waals surface area contributed by atoms with Gasteiger partial charge in [-0.25, -0.2) is 0 Å².